The van der Waals surface area contributed by atoms with E-state index in [4.69, 9.17) is 15.9 Å². The molecule has 212 valence electrons. The molecule has 0 nitrogen and oxygen atoms in total. The van der Waals surface area contributed by atoms with Gasteiger partial charge in [-0.2, -0.15) is 0 Å². The maximum atomic E-state index is 4.94. The van der Waals surface area contributed by atoms with Crippen molar-refractivity contribution >= 4 is 42.4 Å². The van der Waals surface area contributed by atoms with Crippen LogP contribution in [-0.2, 0) is 6.51 Å². The van der Waals surface area contributed by atoms with Crippen molar-refractivity contribution in [1.82, 2.24) is 0 Å². The molecule has 2 aliphatic carbocycles. The van der Waals surface area contributed by atoms with E-state index in [1.165, 1.54) is 46.6 Å². The Balaban J connectivity index is 1.06. The van der Waals surface area contributed by atoms with Crippen molar-refractivity contribution in [3.63, 3.8) is 0 Å². The predicted octanol–water partition coefficient (Wildman–Crippen LogP) is 10.6. The van der Waals surface area contributed by atoms with Crippen LogP contribution in [-0.4, -0.2) is 24.3 Å². The third kappa shape index (κ3) is 0.575. The van der Waals surface area contributed by atoms with E-state index in [-0.39, 0.29) is 15.8 Å². The Morgan fingerprint density at radius 3 is 1.57 bits per heavy atom. The van der Waals surface area contributed by atoms with Crippen molar-refractivity contribution < 1.29 is 6.51 Å². The Morgan fingerprint density at radius 1 is 0.675 bits per heavy atom. The number of alkyl halides is 1. The summed E-state index contributed by atoms with van der Waals surface area (Å²) in [6.45, 7) is -0.889. The van der Waals surface area contributed by atoms with Crippen LogP contribution in [0.4, 0.5) is 0 Å². The summed E-state index contributed by atoms with van der Waals surface area (Å²) in [4.78, 5) is 9.12. The van der Waals surface area contributed by atoms with Crippen molar-refractivity contribution in [1.29, 1.82) is 0 Å². The molecule has 2 aromatic rings. The number of fused-ring (bicyclic) bond motifs is 10. The summed E-state index contributed by atoms with van der Waals surface area (Å²) in [5.74, 6) is 0. The van der Waals surface area contributed by atoms with Crippen LogP contribution in [0.2, 0.25) is 38.0 Å². The molecule has 10 atom stereocenters. The SMILES string of the molecule is CC(P(C1CCCCC1)C1CCCCC1)[C@@]12[CH]3[CH]4[CH]5[C]1(P(c1ccccc1)c1ccccc1)[Fe]45321678[CH]2[CH]1[CH]6[C]7(Br)[CH]28. The zero-order valence-corrected chi connectivity index (χ0v) is 28.2. The van der Waals surface area contributed by atoms with Crippen LogP contribution < -0.4 is 10.6 Å². The Hall–Kier alpha value is 0.299. The van der Waals surface area contributed by atoms with Crippen LogP contribution >= 0.6 is 31.8 Å². The molecule has 0 radical (unpaired) electrons. The zero-order chi connectivity index (χ0) is 26.0. The quantitative estimate of drug-likeness (QED) is 0.156. The van der Waals surface area contributed by atoms with E-state index < -0.39 is 6.51 Å². The first kappa shape index (κ1) is 21.9. The van der Waals surface area contributed by atoms with Crippen LogP contribution in [0.3, 0.4) is 0 Å². The molecule has 2 saturated carbocycles. The molecule has 9 unspecified atom stereocenters. The Labute approximate surface area is 241 Å². The van der Waals surface area contributed by atoms with Gasteiger partial charge in [-0.05, 0) is 0 Å². The molecular formula is C36H43BrFeP2. The molecule has 10 aliphatic heterocycles. The van der Waals surface area contributed by atoms with Gasteiger partial charge in [0, 0.05) is 0 Å². The molecule has 12 aliphatic rings. The van der Waals surface area contributed by atoms with Gasteiger partial charge >= 0.3 is 243 Å². The summed E-state index contributed by atoms with van der Waals surface area (Å²) in [7, 11) is -0.117. The van der Waals surface area contributed by atoms with Gasteiger partial charge in [0.25, 0.3) is 0 Å². The van der Waals surface area contributed by atoms with Crippen molar-refractivity contribution in [3.8, 4) is 0 Å². The van der Waals surface area contributed by atoms with Gasteiger partial charge in [0.2, 0.25) is 0 Å². The monoisotopic (exact) mass is 672 g/mol. The summed E-state index contributed by atoms with van der Waals surface area (Å²) in [6.07, 6.45) is 15.6. The minimum atomic E-state index is -3.90. The molecule has 14 rings (SSSR count). The fourth-order valence-electron chi connectivity index (χ4n) is 24.1. The topological polar surface area (TPSA) is 0 Å². The maximum absolute atomic E-state index is 4.94. The fourth-order valence-corrected chi connectivity index (χ4v) is 137. The summed E-state index contributed by atoms with van der Waals surface area (Å²) in [5, 5.41) is 3.55. The molecule has 40 heavy (non-hydrogen) atoms. The Morgan fingerprint density at radius 2 is 1.18 bits per heavy atom. The third-order valence-corrected chi connectivity index (χ3v) is 84.0. The van der Waals surface area contributed by atoms with E-state index in [1.807, 2.05) is 0 Å². The van der Waals surface area contributed by atoms with E-state index in [0.717, 1.165) is 28.6 Å². The zero-order valence-electron chi connectivity index (χ0n) is 23.7. The van der Waals surface area contributed by atoms with Crippen molar-refractivity contribution in [2.24, 2.45) is 0 Å². The summed E-state index contributed by atoms with van der Waals surface area (Å²) < 4.78 is 2.45. The van der Waals surface area contributed by atoms with Crippen molar-refractivity contribution in [2.45, 2.75) is 133 Å². The number of rotatable bonds is 7. The van der Waals surface area contributed by atoms with Gasteiger partial charge < -0.3 is 0 Å². The molecule has 0 N–H and O–H groups in total. The number of hydrogen-bond acceptors (Lipinski definition) is 0. The summed E-state index contributed by atoms with van der Waals surface area (Å²) in [6, 6.07) is 24.6. The summed E-state index contributed by atoms with van der Waals surface area (Å²) in [5.41, 5.74) is 3.32. The minimum absolute atomic E-state index is 0.143. The van der Waals surface area contributed by atoms with Crippen LogP contribution in [0.1, 0.15) is 71.1 Å². The molecule has 10 saturated heterocycles. The average molecular weight is 673 g/mol. The first-order valence-electron chi connectivity index (χ1n) is 17.0. The molecule has 12 fully saturated rings. The van der Waals surface area contributed by atoms with Crippen LogP contribution in [0.15, 0.2) is 60.7 Å². The molecule has 2 aromatic carbocycles. The third-order valence-electron chi connectivity index (χ3n) is 22.3. The van der Waals surface area contributed by atoms with Gasteiger partial charge in [-0.1, -0.05) is 0 Å². The number of benzene rings is 2. The second kappa shape index (κ2) is 3.67. The Kier molecular flexibility index (Phi) is 2.01. The van der Waals surface area contributed by atoms with Gasteiger partial charge in [0.05, 0.1) is 0 Å². The van der Waals surface area contributed by atoms with Gasteiger partial charge in [-0.3, -0.25) is 0 Å². The normalized spacial score (nSPS) is 67.8. The predicted molar refractivity (Wildman–Crippen MR) is 173 cm³/mol. The van der Waals surface area contributed by atoms with Gasteiger partial charge in [0.1, 0.15) is 0 Å². The van der Waals surface area contributed by atoms with Gasteiger partial charge in [-0.15, -0.1) is 0 Å². The fraction of sp³-hybridized carbons (Fsp3) is 0.667. The van der Waals surface area contributed by atoms with E-state index in [0.29, 0.717) is 0 Å². The Bertz CT molecular complexity index is 1940. The van der Waals surface area contributed by atoms with E-state index in [9.17, 15) is 0 Å². The molecule has 10 heterocycles. The second-order valence-electron chi connectivity index (χ2n) is 18.5. The first-order valence-corrected chi connectivity index (χ1v) is 26.8. The van der Waals surface area contributed by atoms with Crippen molar-refractivity contribution in [3.05, 3.63) is 60.7 Å². The average Bonchev–Trinajstić information content (AvgIpc) is 3.97. The molecule has 1 spiro atoms. The summed E-state index contributed by atoms with van der Waals surface area (Å²) >= 11 is 4.94. The standard InChI is InChI=1S/C31H39P2.C5H4Br.Fe/c1-25(32(26-15-6-2-7-16-26)27-17-8-3-9-18-27)30-23-14-24-31(30)33(28-19-10-4-11-20-28)29-21-12-5-13-22-29;6-5-3-1-2-4-5;/h4-5,10-14,19-27H,2-3,6-9,15-18H2,1H3;1-4H;. The molecular weight excluding hydrogens is 630 g/mol. The van der Waals surface area contributed by atoms with E-state index >= 15 is 0 Å². The first-order chi connectivity index (χ1) is 19.4. The number of hydrogen-bond donors (Lipinski definition) is 0. The van der Waals surface area contributed by atoms with Crippen LogP contribution in [0.5, 0.6) is 0 Å². The molecule has 4 heteroatoms. The molecule has 0 amide bonds. The van der Waals surface area contributed by atoms with E-state index in [1.54, 1.807) is 62.0 Å². The van der Waals surface area contributed by atoms with Gasteiger partial charge in [0.15, 0.2) is 0 Å². The van der Waals surface area contributed by atoms with Gasteiger partial charge in [-0.25, -0.2) is 0 Å². The number of halogens is 1. The van der Waals surface area contributed by atoms with Crippen LogP contribution in [0, 0.1) is 0 Å². The molecule has 0 bridgehead atoms. The second-order valence-corrected chi connectivity index (χ2v) is 49.3. The van der Waals surface area contributed by atoms with Crippen LogP contribution in [0.25, 0.3) is 0 Å². The van der Waals surface area contributed by atoms with Crippen molar-refractivity contribution in [2.75, 3.05) is 0 Å². The van der Waals surface area contributed by atoms with E-state index in [2.05, 4.69) is 67.6 Å². The molecule has 0 aromatic heterocycles.